The number of carbonyl (C=O) groups is 1. The lowest BCUT2D eigenvalue weighted by Gasteiger charge is -2.12. The number of phenols is 2. The molecule has 0 aliphatic heterocycles. The van der Waals surface area contributed by atoms with Crippen LogP contribution in [0.25, 0.3) is 16.5 Å². The Morgan fingerprint density at radius 3 is 2.03 bits per heavy atom. The van der Waals surface area contributed by atoms with Gasteiger partial charge in [0.1, 0.15) is 32.7 Å². The number of aromatic nitrogens is 2. The van der Waals surface area contributed by atoms with Crippen molar-refractivity contribution in [1.82, 2.24) is 9.78 Å². The summed E-state index contributed by atoms with van der Waals surface area (Å²) < 4.78 is 131. The van der Waals surface area contributed by atoms with Crippen molar-refractivity contribution in [2.45, 2.75) is 14.7 Å². The van der Waals surface area contributed by atoms with E-state index in [-0.39, 0.29) is 22.1 Å². The third kappa shape index (κ3) is 9.50. The smallest absolute Gasteiger partial charge is 0.424 e. The number of nitrogens with one attached hydrogen (secondary N) is 1. The van der Waals surface area contributed by atoms with Crippen LogP contribution in [0.15, 0.2) is 101 Å². The van der Waals surface area contributed by atoms with E-state index in [1.807, 2.05) is 0 Å². The zero-order valence-corrected chi connectivity index (χ0v) is 31.8. The van der Waals surface area contributed by atoms with Crippen molar-refractivity contribution < 1.29 is 81.4 Å². The highest BCUT2D eigenvalue weighted by molar-refractivity contribution is 7.91. The molecule has 0 aliphatic carbocycles. The van der Waals surface area contributed by atoms with Crippen molar-refractivity contribution in [3.05, 3.63) is 76.7 Å². The molecule has 0 fully saturated rings. The normalized spacial score (nSPS) is 12.8. The number of carboxylic acid groups (broad SMARTS) is 1. The lowest BCUT2D eigenvalue weighted by molar-refractivity contribution is -0.202. The number of ether oxygens (including phenoxy) is 1. The number of azo groups is 2. The van der Waals surface area contributed by atoms with Crippen LogP contribution < -0.4 is 10.3 Å². The Balaban J connectivity index is 1.52. The summed E-state index contributed by atoms with van der Waals surface area (Å²) in [6.07, 6.45) is 0. The van der Waals surface area contributed by atoms with Gasteiger partial charge in [-0.1, -0.05) is 10.4 Å². The Bertz CT molecular complexity index is 3050. The third-order valence-electron chi connectivity index (χ3n) is 7.48. The number of aromatic hydroxyl groups is 2. The first-order valence-electron chi connectivity index (χ1n) is 15.1. The number of methoxy groups -OCH3 is 1. The summed E-state index contributed by atoms with van der Waals surface area (Å²) in [6, 6.07) is 9.89. The Kier molecular flexibility index (Phi) is 11.8. The molecule has 5 aromatic rings. The Morgan fingerprint density at radius 2 is 1.45 bits per heavy atom. The van der Waals surface area contributed by atoms with E-state index >= 15 is 0 Å². The zero-order chi connectivity index (χ0) is 43.0. The van der Waals surface area contributed by atoms with Gasteiger partial charge in [0.15, 0.2) is 27.0 Å². The van der Waals surface area contributed by atoms with Crippen LogP contribution in [0.3, 0.4) is 0 Å². The van der Waals surface area contributed by atoms with Crippen LogP contribution in [0.2, 0.25) is 0 Å². The summed E-state index contributed by atoms with van der Waals surface area (Å²) in [5.74, 6) is -4.92. The molecule has 0 bridgehead atoms. The largest absolute Gasteiger partial charge is 0.506 e. The van der Waals surface area contributed by atoms with Crippen molar-refractivity contribution in [3.63, 3.8) is 0 Å². The minimum Gasteiger partial charge on any atom is -0.506 e. The molecule has 0 saturated carbocycles. The van der Waals surface area contributed by atoms with Crippen LogP contribution in [-0.2, 0) is 49.7 Å². The van der Waals surface area contributed by atoms with Crippen LogP contribution in [0.5, 0.6) is 17.2 Å². The molecule has 58 heavy (non-hydrogen) atoms. The van der Waals surface area contributed by atoms with E-state index in [2.05, 4.69) is 34.8 Å². The summed E-state index contributed by atoms with van der Waals surface area (Å²) in [4.78, 5) is 27.1. The lowest BCUT2D eigenvalue weighted by atomic mass is 10.1. The molecule has 0 atom stereocenters. The molecule has 0 radical (unpaired) electrons. The van der Waals surface area contributed by atoms with Crippen LogP contribution in [0.1, 0.15) is 10.5 Å². The van der Waals surface area contributed by atoms with Gasteiger partial charge in [-0.3, -0.25) is 23.6 Å². The fourth-order valence-electron chi connectivity index (χ4n) is 4.89. The van der Waals surface area contributed by atoms with E-state index in [1.54, 1.807) is 0 Å². The number of carboxylic acids is 1. The van der Waals surface area contributed by atoms with Gasteiger partial charge in [0.2, 0.25) is 0 Å². The number of hydrogen-bond donors (Lipinski definition) is 7. The molecule has 5 rings (SSSR count). The first kappa shape index (κ1) is 43.0. The quantitative estimate of drug-likeness (QED) is 0.0261. The highest BCUT2D eigenvalue weighted by atomic mass is 32.3. The number of benzene rings is 4. The number of rotatable bonds is 15. The Morgan fingerprint density at radius 1 is 0.793 bits per heavy atom. The fourth-order valence-corrected chi connectivity index (χ4v) is 7.46. The van der Waals surface area contributed by atoms with Crippen LogP contribution >= 0.6 is 0 Å². The highest BCUT2D eigenvalue weighted by Gasteiger charge is 2.26. The summed E-state index contributed by atoms with van der Waals surface area (Å²) in [5.41, 5.74) is -4.24. The summed E-state index contributed by atoms with van der Waals surface area (Å²) in [5, 5.41) is 48.4. The first-order valence-corrected chi connectivity index (χ1v) is 21.0. The third-order valence-corrected chi connectivity index (χ3v) is 11.2. The van der Waals surface area contributed by atoms with Gasteiger partial charge in [-0.05, 0) is 47.9 Å². The lowest BCUT2D eigenvalue weighted by Crippen LogP contribution is -2.15. The number of nitrogens with zero attached hydrogens (tertiary/aromatic N) is 5. The van der Waals surface area contributed by atoms with Crippen LogP contribution in [0, 0.1) is 0 Å². The number of aromatic amines is 1. The van der Waals surface area contributed by atoms with E-state index in [9.17, 15) is 67.7 Å². The molecule has 4 aromatic carbocycles. The highest BCUT2D eigenvalue weighted by Crippen LogP contribution is 2.44. The summed E-state index contributed by atoms with van der Waals surface area (Å²) >= 11 is 0. The predicted octanol–water partition coefficient (Wildman–Crippen LogP) is 3.29. The molecule has 0 amide bonds. The minimum absolute atomic E-state index is 0.0448. The second-order valence-electron chi connectivity index (χ2n) is 11.2. The van der Waals surface area contributed by atoms with Crippen molar-refractivity contribution in [3.8, 4) is 22.9 Å². The first-order chi connectivity index (χ1) is 26.9. The second kappa shape index (κ2) is 16.0. The summed E-state index contributed by atoms with van der Waals surface area (Å²) in [6.45, 7) is -0.912. The van der Waals surface area contributed by atoms with E-state index in [0.717, 1.165) is 49.6 Å². The maximum Gasteiger partial charge on any atom is 0.424 e. The average molecular weight is 889 g/mol. The molecule has 25 nitrogen and oxygen atoms in total. The standard InChI is InChI=1S/C29H24N6O19S4/c1-52-21-12-19(20(36)13-22(21)55(41,42)9-8-53-54-58(49,50)51)31-32-24-23(57(46,47)48)10-14-2-3-15(11-18(14)27(24)37)30-33-25-26(29(39)40)34-35(28(25)38)16-4-6-17(7-5-16)56(43,44)45/h2-7,10-13,34,36-37H,8-9H2,1H3,(H,39,40)(H,43,44,45)(H,46,47,48)(H,49,50,51). The maximum absolute atomic E-state index is 13.2. The van der Waals surface area contributed by atoms with Gasteiger partial charge in [-0.2, -0.15) is 30.4 Å². The van der Waals surface area contributed by atoms with E-state index in [1.165, 1.54) is 12.1 Å². The molecule has 29 heteroatoms. The van der Waals surface area contributed by atoms with Gasteiger partial charge in [0, 0.05) is 17.5 Å². The van der Waals surface area contributed by atoms with Gasteiger partial charge >= 0.3 is 16.4 Å². The van der Waals surface area contributed by atoms with E-state index in [4.69, 9.17) is 9.29 Å². The van der Waals surface area contributed by atoms with Crippen molar-refractivity contribution in [1.29, 1.82) is 0 Å². The SMILES string of the molecule is COc1cc(N=Nc2c(S(=O)(=O)O)cc3ccc(N=Nc4c(C(=O)O)[nH]n(-c5ccc(S(=O)(=O)O)cc5)c4=O)cc3c2O)c(O)cc1S(=O)(=O)CCOOS(=O)(=O)O. The van der Waals surface area contributed by atoms with Gasteiger partial charge < -0.3 is 20.1 Å². The number of fused-ring (bicyclic) bond motifs is 1. The monoisotopic (exact) mass is 888 g/mol. The van der Waals surface area contributed by atoms with Crippen molar-refractivity contribution in [2.24, 2.45) is 20.5 Å². The molecular formula is C29H24N6O19S4. The predicted molar refractivity (Wildman–Crippen MR) is 192 cm³/mol. The molecule has 1 heterocycles. The molecule has 7 N–H and O–H groups in total. The Hall–Kier alpha value is -6.18. The molecule has 308 valence electrons. The Labute approximate surface area is 324 Å². The number of aromatic carboxylic acids is 1. The summed E-state index contributed by atoms with van der Waals surface area (Å²) in [7, 11) is -18.2. The number of phenolic OH excluding ortho intramolecular Hbond substituents is 2. The maximum atomic E-state index is 13.2. The number of hydrogen-bond acceptors (Lipinski definition) is 19. The molecule has 0 aliphatic rings. The molecular weight excluding hydrogens is 865 g/mol. The van der Waals surface area contributed by atoms with Crippen molar-refractivity contribution >= 4 is 80.0 Å². The zero-order valence-electron chi connectivity index (χ0n) is 28.5. The van der Waals surface area contributed by atoms with Crippen molar-refractivity contribution in [2.75, 3.05) is 19.5 Å². The van der Waals surface area contributed by atoms with Gasteiger partial charge in [0.05, 0.1) is 35.7 Å². The average Bonchev–Trinajstić information content (AvgIpc) is 3.47. The molecule has 0 spiro atoms. The topological polar surface area (TPSA) is 390 Å². The van der Waals surface area contributed by atoms with Crippen LogP contribution in [0.4, 0.5) is 22.7 Å². The molecule has 0 saturated heterocycles. The second-order valence-corrected chi connectivity index (χ2v) is 17.1. The van der Waals surface area contributed by atoms with Gasteiger partial charge in [-0.15, -0.1) is 15.3 Å². The van der Waals surface area contributed by atoms with E-state index in [0.29, 0.717) is 10.7 Å². The van der Waals surface area contributed by atoms with E-state index < -0.39 is 119 Å². The number of sulfone groups is 1. The van der Waals surface area contributed by atoms with Gasteiger partial charge in [0.25, 0.3) is 25.8 Å². The van der Waals surface area contributed by atoms with Gasteiger partial charge in [-0.25, -0.2) is 22.8 Å². The molecule has 1 aromatic heterocycles. The van der Waals surface area contributed by atoms with Crippen LogP contribution in [-0.4, -0.2) is 97.9 Å². The minimum atomic E-state index is -5.16. The fraction of sp³-hybridized carbons (Fsp3) is 0.103. The molecule has 0 unspecified atom stereocenters. The number of H-pyrrole nitrogens is 1.